The number of carbonyl (C=O) groups excluding carboxylic acids is 1. The third-order valence-corrected chi connectivity index (χ3v) is 3.40. The molecule has 0 amide bonds. The number of hydrogen-bond acceptors (Lipinski definition) is 4. The summed E-state index contributed by atoms with van der Waals surface area (Å²) in [6.45, 7) is 0. The molecule has 0 saturated carbocycles. The van der Waals surface area contributed by atoms with E-state index in [0.29, 0.717) is 6.42 Å². The molecule has 0 saturated heterocycles. The molecule has 5 heteroatoms. The molecule has 90 valence electrons. The molecule has 4 N–H and O–H groups in total. The van der Waals surface area contributed by atoms with Gasteiger partial charge in [0, 0.05) is 17.1 Å². The van der Waals surface area contributed by atoms with Crippen molar-refractivity contribution in [3.63, 3.8) is 0 Å². The average Bonchev–Trinajstić information content (AvgIpc) is 2.71. The van der Waals surface area contributed by atoms with Crippen LogP contribution in [0.3, 0.4) is 0 Å². The van der Waals surface area contributed by atoms with Crippen molar-refractivity contribution in [3.8, 4) is 5.75 Å². The highest BCUT2D eigenvalue weighted by Gasteiger charge is 2.15. The van der Waals surface area contributed by atoms with Crippen LogP contribution in [0.5, 0.6) is 5.75 Å². The molecule has 0 bridgehead atoms. The number of aromatic nitrogens is 1. The molecule has 0 radical (unpaired) electrons. The van der Waals surface area contributed by atoms with Gasteiger partial charge in [0.15, 0.2) is 0 Å². The molecule has 2 aromatic rings. The lowest BCUT2D eigenvalue weighted by molar-refractivity contribution is -0.112. The fraction of sp³-hybridized carbons (Fsp3) is 0.250. The molecule has 1 heterocycles. The van der Waals surface area contributed by atoms with Crippen LogP contribution < -0.4 is 5.73 Å². The highest BCUT2D eigenvalue weighted by molar-refractivity contribution is 8.13. The van der Waals surface area contributed by atoms with Gasteiger partial charge in [0.25, 0.3) is 0 Å². The van der Waals surface area contributed by atoms with E-state index in [1.165, 1.54) is 0 Å². The first-order valence-electron chi connectivity index (χ1n) is 5.24. The largest absolute Gasteiger partial charge is 0.508 e. The zero-order valence-electron chi connectivity index (χ0n) is 9.43. The van der Waals surface area contributed by atoms with Gasteiger partial charge in [0.2, 0.25) is 5.12 Å². The van der Waals surface area contributed by atoms with Crippen molar-refractivity contribution >= 4 is 27.8 Å². The van der Waals surface area contributed by atoms with Crippen LogP contribution in [0.25, 0.3) is 10.9 Å². The summed E-state index contributed by atoms with van der Waals surface area (Å²) in [5, 5.41) is 10.3. The maximum absolute atomic E-state index is 11.4. The third-order valence-electron chi connectivity index (χ3n) is 2.69. The van der Waals surface area contributed by atoms with Crippen LogP contribution in [-0.4, -0.2) is 27.5 Å². The van der Waals surface area contributed by atoms with Crippen molar-refractivity contribution < 1.29 is 9.90 Å². The maximum Gasteiger partial charge on any atom is 0.205 e. The van der Waals surface area contributed by atoms with Crippen LogP contribution in [0.4, 0.5) is 0 Å². The fourth-order valence-corrected chi connectivity index (χ4v) is 2.19. The van der Waals surface area contributed by atoms with E-state index < -0.39 is 6.04 Å². The van der Waals surface area contributed by atoms with Crippen molar-refractivity contribution in [1.29, 1.82) is 0 Å². The summed E-state index contributed by atoms with van der Waals surface area (Å²) in [4.78, 5) is 14.5. The minimum Gasteiger partial charge on any atom is -0.508 e. The first-order valence-corrected chi connectivity index (χ1v) is 6.46. The Morgan fingerprint density at radius 1 is 1.59 bits per heavy atom. The van der Waals surface area contributed by atoms with Crippen molar-refractivity contribution in [2.75, 3.05) is 6.26 Å². The number of phenols is 1. The monoisotopic (exact) mass is 250 g/mol. The molecule has 0 fully saturated rings. The average molecular weight is 250 g/mol. The summed E-state index contributed by atoms with van der Waals surface area (Å²) < 4.78 is 0. The summed E-state index contributed by atoms with van der Waals surface area (Å²) in [5.74, 6) is 0.211. The SMILES string of the molecule is CSC(=O)C(N)Cc1c[nH]c2ccc(O)cc12. The number of H-pyrrole nitrogens is 1. The molecule has 0 aliphatic rings. The molecule has 17 heavy (non-hydrogen) atoms. The summed E-state index contributed by atoms with van der Waals surface area (Å²) in [6.07, 6.45) is 4.03. The minimum atomic E-state index is -0.508. The van der Waals surface area contributed by atoms with E-state index in [1.54, 1.807) is 24.5 Å². The predicted octanol–water partition coefficient (Wildman–Crippen LogP) is 1.63. The highest BCUT2D eigenvalue weighted by Crippen LogP contribution is 2.24. The number of fused-ring (bicyclic) bond motifs is 1. The lowest BCUT2D eigenvalue weighted by Gasteiger charge is -2.07. The summed E-state index contributed by atoms with van der Waals surface area (Å²) in [5.41, 5.74) is 7.68. The molecule has 0 aliphatic carbocycles. The number of carbonyl (C=O) groups is 1. The van der Waals surface area contributed by atoms with E-state index in [1.807, 2.05) is 6.20 Å². The molecular weight excluding hydrogens is 236 g/mol. The van der Waals surface area contributed by atoms with Gasteiger partial charge in [-0.25, -0.2) is 0 Å². The molecule has 1 aromatic heterocycles. The third kappa shape index (κ3) is 2.45. The molecule has 0 aliphatic heterocycles. The molecule has 4 nitrogen and oxygen atoms in total. The molecule has 0 spiro atoms. The van der Waals surface area contributed by atoms with E-state index >= 15 is 0 Å². The van der Waals surface area contributed by atoms with Crippen molar-refractivity contribution in [1.82, 2.24) is 4.98 Å². The molecule has 1 aromatic carbocycles. The summed E-state index contributed by atoms with van der Waals surface area (Å²) >= 11 is 1.14. The van der Waals surface area contributed by atoms with Crippen LogP contribution in [0.1, 0.15) is 5.56 Å². The Hall–Kier alpha value is -1.46. The number of nitrogens with one attached hydrogen (secondary N) is 1. The van der Waals surface area contributed by atoms with Crippen molar-refractivity contribution in [3.05, 3.63) is 30.0 Å². The van der Waals surface area contributed by atoms with Gasteiger partial charge in [-0.05, 0) is 36.4 Å². The first kappa shape index (κ1) is 12.0. The van der Waals surface area contributed by atoms with E-state index in [4.69, 9.17) is 5.73 Å². The number of thioether (sulfide) groups is 1. The van der Waals surface area contributed by atoms with Crippen LogP contribution in [0.2, 0.25) is 0 Å². The standard InChI is InChI=1S/C12H14N2O2S/c1-17-12(16)10(13)4-7-6-14-11-3-2-8(15)5-9(7)11/h2-3,5-6,10,14-15H,4,13H2,1H3. The lowest BCUT2D eigenvalue weighted by Crippen LogP contribution is -2.30. The van der Waals surface area contributed by atoms with Gasteiger partial charge in [-0.1, -0.05) is 11.8 Å². The smallest absolute Gasteiger partial charge is 0.205 e. The number of aromatic amines is 1. The van der Waals surface area contributed by atoms with Crippen LogP contribution >= 0.6 is 11.8 Å². The van der Waals surface area contributed by atoms with Gasteiger partial charge in [-0.15, -0.1) is 0 Å². The van der Waals surface area contributed by atoms with Gasteiger partial charge >= 0.3 is 0 Å². The van der Waals surface area contributed by atoms with E-state index in [-0.39, 0.29) is 10.9 Å². The molecule has 1 atom stereocenters. The Kier molecular flexibility index (Phi) is 3.40. The Labute approximate surface area is 103 Å². The van der Waals surface area contributed by atoms with Gasteiger partial charge in [-0.2, -0.15) is 0 Å². The number of aromatic hydroxyl groups is 1. The van der Waals surface area contributed by atoms with E-state index in [9.17, 15) is 9.90 Å². The van der Waals surface area contributed by atoms with Gasteiger partial charge in [0.05, 0.1) is 6.04 Å². The topological polar surface area (TPSA) is 79.1 Å². The van der Waals surface area contributed by atoms with Crippen LogP contribution in [-0.2, 0) is 11.2 Å². The summed E-state index contributed by atoms with van der Waals surface area (Å²) in [7, 11) is 0. The quantitative estimate of drug-likeness (QED) is 0.773. The maximum atomic E-state index is 11.4. The van der Waals surface area contributed by atoms with Gasteiger partial charge in [-0.3, -0.25) is 4.79 Å². The number of nitrogens with two attached hydrogens (primary N) is 1. The lowest BCUT2D eigenvalue weighted by atomic mass is 10.1. The fourth-order valence-electron chi connectivity index (χ4n) is 1.81. The van der Waals surface area contributed by atoms with E-state index in [0.717, 1.165) is 28.2 Å². The zero-order valence-corrected chi connectivity index (χ0v) is 10.3. The Morgan fingerprint density at radius 3 is 3.06 bits per heavy atom. The predicted molar refractivity (Wildman–Crippen MR) is 70.2 cm³/mol. The first-order chi connectivity index (χ1) is 8.11. The second-order valence-electron chi connectivity index (χ2n) is 3.88. The van der Waals surface area contributed by atoms with Crippen LogP contribution in [0, 0.1) is 0 Å². The molecular formula is C12H14N2O2S. The number of benzene rings is 1. The zero-order chi connectivity index (χ0) is 12.4. The second kappa shape index (κ2) is 4.81. The normalized spacial score (nSPS) is 12.8. The van der Waals surface area contributed by atoms with E-state index in [2.05, 4.69) is 4.98 Å². The minimum absolute atomic E-state index is 0.0282. The van der Waals surface area contributed by atoms with Crippen LogP contribution in [0.15, 0.2) is 24.4 Å². The van der Waals surface area contributed by atoms with Gasteiger partial charge in [0.1, 0.15) is 5.75 Å². The van der Waals surface area contributed by atoms with Gasteiger partial charge < -0.3 is 15.8 Å². The summed E-state index contributed by atoms with van der Waals surface area (Å²) in [6, 6.07) is 4.59. The second-order valence-corrected chi connectivity index (χ2v) is 4.69. The molecule has 1 unspecified atom stereocenters. The Bertz CT molecular complexity index is 550. The Balaban J connectivity index is 2.30. The highest BCUT2D eigenvalue weighted by atomic mass is 32.2. The number of hydrogen-bond donors (Lipinski definition) is 3. The molecule has 2 rings (SSSR count). The number of phenolic OH excluding ortho intramolecular Hbond substituents is 1. The van der Waals surface area contributed by atoms with Crippen molar-refractivity contribution in [2.45, 2.75) is 12.5 Å². The Morgan fingerprint density at radius 2 is 2.35 bits per heavy atom. The number of rotatable bonds is 3. The van der Waals surface area contributed by atoms with Crippen molar-refractivity contribution in [2.24, 2.45) is 5.73 Å².